The summed E-state index contributed by atoms with van der Waals surface area (Å²) in [6.45, 7) is 0. The van der Waals surface area contributed by atoms with Crippen LogP contribution in [-0.4, -0.2) is 10.8 Å². The smallest absolute Gasteiger partial charge is 0.259 e. The molecule has 17 heavy (non-hydrogen) atoms. The predicted octanol–water partition coefficient (Wildman–Crippen LogP) is 2.09. The van der Waals surface area contributed by atoms with Crippen molar-refractivity contribution in [3.8, 4) is 11.3 Å². The molecule has 1 aromatic carbocycles. The van der Waals surface area contributed by atoms with Gasteiger partial charge in [-0.2, -0.15) is 0 Å². The van der Waals surface area contributed by atoms with E-state index in [-0.39, 0.29) is 17.0 Å². The van der Waals surface area contributed by atoms with Gasteiger partial charge in [0.05, 0.1) is 5.56 Å². The standard InChI is InChI=1S/C12H10BrN3O/c13-8-3-1-7(2-4-8)10-6-5-9(11(14)15)12(17)16-10/h1-6H,(H3,14,15)(H,16,17). The molecule has 1 heterocycles. The van der Waals surface area contributed by atoms with Crippen LogP contribution in [0.1, 0.15) is 5.56 Å². The minimum Gasteiger partial charge on any atom is -0.384 e. The number of aromatic nitrogens is 1. The van der Waals surface area contributed by atoms with Crippen LogP contribution in [0.25, 0.3) is 11.3 Å². The number of benzene rings is 1. The number of halogens is 1. The molecule has 4 N–H and O–H groups in total. The number of hydrogen-bond acceptors (Lipinski definition) is 2. The molecule has 4 nitrogen and oxygen atoms in total. The second kappa shape index (κ2) is 4.55. The SMILES string of the molecule is N=C(N)c1ccc(-c2ccc(Br)cc2)[nH]c1=O. The highest BCUT2D eigenvalue weighted by Gasteiger charge is 2.05. The molecule has 0 spiro atoms. The van der Waals surface area contributed by atoms with Crippen molar-refractivity contribution < 1.29 is 0 Å². The summed E-state index contributed by atoms with van der Waals surface area (Å²) in [5, 5.41) is 7.23. The Kier molecular flexibility index (Phi) is 3.10. The Bertz CT molecular complexity index is 616. The Labute approximate surface area is 106 Å². The van der Waals surface area contributed by atoms with Gasteiger partial charge in [-0.3, -0.25) is 10.2 Å². The van der Waals surface area contributed by atoms with Crippen molar-refractivity contribution in [3.05, 3.63) is 56.8 Å². The topological polar surface area (TPSA) is 82.7 Å². The number of H-pyrrole nitrogens is 1. The number of nitrogens with two attached hydrogens (primary N) is 1. The summed E-state index contributed by atoms with van der Waals surface area (Å²) in [6.07, 6.45) is 0. The first-order valence-corrected chi connectivity index (χ1v) is 5.71. The van der Waals surface area contributed by atoms with Crippen LogP contribution in [0.15, 0.2) is 45.7 Å². The van der Waals surface area contributed by atoms with Gasteiger partial charge in [0, 0.05) is 10.2 Å². The molecule has 0 aliphatic heterocycles. The molecule has 2 rings (SSSR count). The van der Waals surface area contributed by atoms with Crippen LogP contribution in [0.5, 0.6) is 0 Å². The zero-order chi connectivity index (χ0) is 12.4. The Morgan fingerprint density at radius 1 is 1.18 bits per heavy atom. The van der Waals surface area contributed by atoms with E-state index in [9.17, 15) is 4.79 Å². The van der Waals surface area contributed by atoms with Crippen molar-refractivity contribution in [2.75, 3.05) is 0 Å². The molecule has 0 saturated heterocycles. The van der Waals surface area contributed by atoms with Crippen molar-refractivity contribution in [1.82, 2.24) is 4.98 Å². The minimum absolute atomic E-state index is 0.186. The monoisotopic (exact) mass is 291 g/mol. The van der Waals surface area contributed by atoms with E-state index in [1.54, 1.807) is 12.1 Å². The second-order valence-electron chi connectivity index (χ2n) is 3.54. The van der Waals surface area contributed by atoms with E-state index < -0.39 is 0 Å². The lowest BCUT2D eigenvalue weighted by atomic mass is 10.1. The maximum absolute atomic E-state index is 11.6. The van der Waals surface area contributed by atoms with Gasteiger partial charge >= 0.3 is 0 Å². The Morgan fingerprint density at radius 2 is 1.82 bits per heavy atom. The van der Waals surface area contributed by atoms with Gasteiger partial charge in [-0.1, -0.05) is 28.1 Å². The third-order valence-electron chi connectivity index (χ3n) is 2.35. The van der Waals surface area contributed by atoms with E-state index in [4.69, 9.17) is 11.1 Å². The summed E-state index contributed by atoms with van der Waals surface area (Å²) in [7, 11) is 0. The average molecular weight is 292 g/mol. The molecule has 0 bridgehead atoms. The van der Waals surface area contributed by atoms with Crippen LogP contribution in [0, 0.1) is 5.41 Å². The molecule has 0 unspecified atom stereocenters. The number of pyridine rings is 1. The van der Waals surface area contributed by atoms with Gasteiger partial charge in [-0.25, -0.2) is 0 Å². The highest BCUT2D eigenvalue weighted by atomic mass is 79.9. The highest BCUT2D eigenvalue weighted by Crippen LogP contribution is 2.18. The lowest BCUT2D eigenvalue weighted by Gasteiger charge is -2.03. The zero-order valence-electron chi connectivity index (χ0n) is 8.83. The summed E-state index contributed by atoms with van der Waals surface area (Å²) in [6, 6.07) is 10.9. The van der Waals surface area contributed by atoms with Crippen LogP contribution in [0.4, 0.5) is 0 Å². The van der Waals surface area contributed by atoms with Crippen LogP contribution in [0.3, 0.4) is 0 Å². The van der Waals surface area contributed by atoms with Crippen LogP contribution in [-0.2, 0) is 0 Å². The zero-order valence-corrected chi connectivity index (χ0v) is 10.4. The molecule has 0 radical (unpaired) electrons. The van der Waals surface area contributed by atoms with E-state index in [0.29, 0.717) is 5.69 Å². The minimum atomic E-state index is -0.349. The number of nitrogen functional groups attached to an aromatic ring is 1. The third kappa shape index (κ3) is 2.45. The van der Waals surface area contributed by atoms with Crippen molar-refractivity contribution in [3.63, 3.8) is 0 Å². The van der Waals surface area contributed by atoms with Crippen LogP contribution >= 0.6 is 15.9 Å². The largest absolute Gasteiger partial charge is 0.384 e. The molecule has 0 amide bonds. The van der Waals surface area contributed by atoms with Crippen molar-refractivity contribution in [2.24, 2.45) is 5.73 Å². The quantitative estimate of drug-likeness (QED) is 0.585. The predicted molar refractivity (Wildman–Crippen MR) is 71.2 cm³/mol. The first-order valence-electron chi connectivity index (χ1n) is 4.91. The van der Waals surface area contributed by atoms with Gasteiger partial charge in [-0.15, -0.1) is 0 Å². The Hall–Kier alpha value is -1.88. The van der Waals surface area contributed by atoms with Crippen molar-refractivity contribution >= 4 is 21.8 Å². The van der Waals surface area contributed by atoms with Crippen LogP contribution < -0.4 is 11.3 Å². The molecule has 86 valence electrons. The van der Waals surface area contributed by atoms with E-state index in [0.717, 1.165) is 10.0 Å². The van der Waals surface area contributed by atoms with Gasteiger partial charge in [-0.05, 0) is 29.8 Å². The number of amidine groups is 1. The summed E-state index contributed by atoms with van der Waals surface area (Å²) >= 11 is 3.35. The summed E-state index contributed by atoms with van der Waals surface area (Å²) < 4.78 is 0.976. The third-order valence-corrected chi connectivity index (χ3v) is 2.88. The summed E-state index contributed by atoms with van der Waals surface area (Å²) in [5.74, 6) is -0.228. The summed E-state index contributed by atoms with van der Waals surface area (Å²) in [4.78, 5) is 14.3. The van der Waals surface area contributed by atoms with Gasteiger partial charge in [0.2, 0.25) is 0 Å². The lowest BCUT2D eigenvalue weighted by molar-refractivity contribution is 1.21. The van der Waals surface area contributed by atoms with Gasteiger partial charge in [0.25, 0.3) is 5.56 Å². The molecule has 0 aliphatic rings. The molecular weight excluding hydrogens is 282 g/mol. The van der Waals surface area contributed by atoms with Crippen LogP contribution in [0.2, 0.25) is 0 Å². The fourth-order valence-corrected chi connectivity index (χ4v) is 1.75. The molecule has 5 heteroatoms. The summed E-state index contributed by atoms with van der Waals surface area (Å²) in [5.41, 5.74) is 6.72. The van der Waals surface area contributed by atoms with E-state index in [1.807, 2.05) is 24.3 Å². The number of rotatable bonds is 2. The van der Waals surface area contributed by atoms with E-state index >= 15 is 0 Å². The molecule has 0 fully saturated rings. The first kappa shape index (κ1) is 11.6. The second-order valence-corrected chi connectivity index (χ2v) is 4.45. The fraction of sp³-hybridized carbons (Fsp3) is 0. The Balaban J connectivity index is 2.48. The average Bonchev–Trinajstić information content (AvgIpc) is 2.29. The molecule has 0 saturated carbocycles. The van der Waals surface area contributed by atoms with E-state index in [1.165, 1.54) is 0 Å². The first-order chi connectivity index (χ1) is 8.08. The van der Waals surface area contributed by atoms with E-state index in [2.05, 4.69) is 20.9 Å². The molecule has 2 aromatic rings. The number of hydrogen-bond donors (Lipinski definition) is 3. The molecule has 1 aromatic heterocycles. The number of aromatic amines is 1. The van der Waals surface area contributed by atoms with Crippen molar-refractivity contribution in [1.29, 1.82) is 5.41 Å². The normalized spacial score (nSPS) is 10.2. The molecular formula is C12H10BrN3O. The molecule has 0 atom stereocenters. The molecule has 0 aliphatic carbocycles. The fourth-order valence-electron chi connectivity index (χ4n) is 1.48. The maximum Gasteiger partial charge on any atom is 0.259 e. The van der Waals surface area contributed by atoms with Gasteiger partial charge < -0.3 is 10.7 Å². The maximum atomic E-state index is 11.6. The van der Waals surface area contributed by atoms with Crippen molar-refractivity contribution in [2.45, 2.75) is 0 Å². The Morgan fingerprint density at radius 3 is 2.35 bits per heavy atom. The van der Waals surface area contributed by atoms with Gasteiger partial charge in [0.15, 0.2) is 0 Å². The lowest BCUT2D eigenvalue weighted by Crippen LogP contribution is -2.23. The highest BCUT2D eigenvalue weighted by molar-refractivity contribution is 9.10. The number of nitrogens with one attached hydrogen (secondary N) is 2. The van der Waals surface area contributed by atoms with Gasteiger partial charge in [0.1, 0.15) is 5.84 Å².